The molecule has 0 spiro atoms. The second kappa shape index (κ2) is 7.77. The molecule has 0 saturated heterocycles. The molecule has 0 radical (unpaired) electrons. The van der Waals surface area contributed by atoms with Crippen molar-refractivity contribution >= 4 is 22.4 Å². The first-order valence-electron chi connectivity index (χ1n) is 8.65. The van der Waals surface area contributed by atoms with E-state index in [0.717, 1.165) is 22.6 Å². The fourth-order valence-electron chi connectivity index (χ4n) is 2.79. The van der Waals surface area contributed by atoms with E-state index in [2.05, 4.69) is 19.8 Å². The molecule has 0 aliphatic carbocycles. The van der Waals surface area contributed by atoms with Crippen LogP contribution < -0.4 is 10.1 Å². The van der Waals surface area contributed by atoms with Crippen molar-refractivity contribution in [1.82, 2.24) is 19.1 Å². The number of hydrogen-bond donors (Lipinski definition) is 1. The van der Waals surface area contributed by atoms with E-state index in [-0.39, 0.29) is 5.82 Å². The number of para-hydroxylation sites is 1. The fraction of sp³-hybridized carbons (Fsp3) is 0.150. The molecule has 0 fully saturated rings. The first kappa shape index (κ1) is 18.1. The zero-order valence-electron chi connectivity index (χ0n) is 15.4. The van der Waals surface area contributed by atoms with Crippen molar-refractivity contribution in [3.8, 4) is 17.1 Å². The second-order valence-electron chi connectivity index (χ2n) is 6.18. The average Bonchev–Trinajstić information content (AvgIpc) is 3.31. The van der Waals surface area contributed by atoms with Gasteiger partial charge in [0.25, 0.3) is 0 Å². The van der Waals surface area contributed by atoms with Gasteiger partial charge in [0.05, 0.1) is 31.1 Å². The van der Waals surface area contributed by atoms with Crippen LogP contribution in [0, 0.1) is 12.7 Å². The Kier molecular flexibility index (Phi) is 5.03. The van der Waals surface area contributed by atoms with Crippen LogP contribution in [-0.2, 0) is 6.54 Å². The quantitative estimate of drug-likeness (QED) is 0.515. The Bertz CT molecular complexity index is 1090. The van der Waals surface area contributed by atoms with Crippen molar-refractivity contribution in [2.45, 2.75) is 13.5 Å². The largest absolute Gasteiger partial charge is 0.497 e. The lowest BCUT2D eigenvalue weighted by molar-refractivity contribution is 0.414. The first-order valence-corrected chi connectivity index (χ1v) is 9.42. The lowest BCUT2D eigenvalue weighted by atomic mass is 10.2. The SMILES string of the molecule is COc1ccc(Cn2ncc(-c3nsc(Nc4ccccc4F)n3)c2C)cc1. The van der Waals surface area contributed by atoms with E-state index >= 15 is 0 Å². The van der Waals surface area contributed by atoms with Crippen LogP contribution in [0.4, 0.5) is 15.2 Å². The Morgan fingerprint density at radius 2 is 1.93 bits per heavy atom. The summed E-state index contributed by atoms with van der Waals surface area (Å²) in [5, 5.41) is 7.97. The van der Waals surface area contributed by atoms with Crippen LogP contribution in [0.1, 0.15) is 11.3 Å². The Hall–Kier alpha value is -3.26. The van der Waals surface area contributed by atoms with Gasteiger partial charge in [-0.05, 0) is 36.8 Å². The molecule has 28 heavy (non-hydrogen) atoms. The van der Waals surface area contributed by atoms with Gasteiger partial charge in [0.1, 0.15) is 11.6 Å². The molecule has 0 amide bonds. The van der Waals surface area contributed by atoms with E-state index < -0.39 is 0 Å². The molecular weight excluding hydrogens is 377 g/mol. The van der Waals surface area contributed by atoms with Gasteiger partial charge in [0.15, 0.2) is 5.82 Å². The summed E-state index contributed by atoms with van der Waals surface area (Å²) in [5.41, 5.74) is 3.31. The number of nitrogens with zero attached hydrogens (tertiary/aromatic N) is 4. The number of benzene rings is 2. The number of nitrogens with one attached hydrogen (secondary N) is 1. The van der Waals surface area contributed by atoms with Crippen molar-refractivity contribution in [3.05, 3.63) is 71.8 Å². The van der Waals surface area contributed by atoms with Gasteiger partial charge in [-0.25, -0.2) is 4.39 Å². The Labute approximate surface area is 165 Å². The summed E-state index contributed by atoms with van der Waals surface area (Å²) in [4.78, 5) is 4.48. The van der Waals surface area contributed by atoms with Crippen LogP contribution >= 0.6 is 11.5 Å². The van der Waals surface area contributed by atoms with Crippen molar-refractivity contribution in [2.24, 2.45) is 0 Å². The molecule has 0 aliphatic heterocycles. The van der Waals surface area contributed by atoms with E-state index in [9.17, 15) is 4.39 Å². The van der Waals surface area contributed by atoms with Gasteiger partial charge in [-0.3, -0.25) is 4.68 Å². The molecule has 2 heterocycles. The standard InChI is InChI=1S/C20H18FN5OS/c1-13-16(11-22-26(13)12-14-7-9-15(27-2)10-8-14)19-24-20(28-25-19)23-18-6-4-3-5-17(18)21/h3-11H,12H2,1-2H3,(H,23,24,25). The molecule has 2 aromatic carbocycles. The monoisotopic (exact) mass is 395 g/mol. The van der Waals surface area contributed by atoms with E-state index in [1.807, 2.05) is 35.9 Å². The van der Waals surface area contributed by atoms with Gasteiger partial charge in [-0.15, -0.1) is 0 Å². The number of anilines is 2. The topological polar surface area (TPSA) is 64.9 Å². The first-order chi connectivity index (χ1) is 13.6. The summed E-state index contributed by atoms with van der Waals surface area (Å²) < 4.78 is 25.3. The van der Waals surface area contributed by atoms with Gasteiger partial charge in [0.2, 0.25) is 5.13 Å². The van der Waals surface area contributed by atoms with E-state index in [4.69, 9.17) is 4.74 Å². The summed E-state index contributed by atoms with van der Waals surface area (Å²) >= 11 is 1.18. The van der Waals surface area contributed by atoms with Crippen LogP contribution in [0.25, 0.3) is 11.4 Å². The molecule has 2 aromatic heterocycles. The predicted molar refractivity (Wildman–Crippen MR) is 108 cm³/mol. The Morgan fingerprint density at radius 1 is 1.14 bits per heavy atom. The Morgan fingerprint density at radius 3 is 2.68 bits per heavy atom. The van der Waals surface area contributed by atoms with E-state index in [1.165, 1.54) is 17.6 Å². The highest BCUT2D eigenvalue weighted by Gasteiger charge is 2.15. The smallest absolute Gasteiger partial charge is 0.207 e. The predicted octanol–water partition coefficient (Wildman–Crippen LogP) is 4.65. The highest BCUT2D eigenvalue weighted by Crippen LogP contribution is 2.27. The summed E-state index contributed by atoms with van der Waals surface area (Å²) in [5.74, 6) is 1.06. The summed E-state index contributed by atoms with van der Waals surface area (Å²) in [6, 6.07) is 14.4. The van der Waals surface area contributed by atoms with Crippen LogP contribution in [0.2, 0.25) is 0 Å². The molecule has 4 rings (SSSR count). The molecule has 0 atom stereocenters. The van der Waals surface area contributed by atoms with Gasteiger partial charge in [-0.2, -0.15) is 14.5 Å². The van der Waals surface area contributed by atoms with Crippen LogP contribution in [0.15, 0.2) is 54.7 Å². The molecule has 0 bridgehead atoms. The molecule has 1 N–H and O–H groups in total. The van der Waals surface area contributed by atoms with Gasteiger partial charge < -0.3 is 10.1 Å². The molecule has 8 heteroatoms. The van der Waals surface area contributed by atoms with Crippen molar-refractivity contribution in [2.75, 3.05) is 12.4 Å². The van der Waals surface area contributed by atoms with Crippen molar-refractivity contribution < 1.29 is 9.13 Å². The lowest BCUT2D eigenvalue weighted by Gasteiger charge is -2.06. The number of rotatable bonds is 6. The minimum atomic E-state index is -0.331. The third kappa shape index (κ3) is 3.72. The molecular formula is C20H18FN5OS. The second-order valence-corrected chi connectivity index (χ2v) is 6.93. The molecule has 6 nitrogen and oxygen atoms in total. The third-order valence-corrected chi connectivity index (χ3v) is 5.01. The summed E-state index contributed by atoms with van der Waals surface area (Å²) in [6.45, 7) is 2.62. The number of methoxy groups -OCH3 is 1. The van der Waals surface area contributed by atoms with Gasteiger partial charge in [0, 0.05) is 17.2 Å². The molecule has 0 saturated carbocycles. The number of aromatic nitrogens is 4. The minimum absolute atomic E-state index is 0.331. The number of hydrogen-bond acceptors (Lipinski definition) is 6. The maximum Gasteiger partial charge on any atom is 0.207 e. The molecule has 4 aromatic rings. The van der Waals surface area contributed by atoms with Crippen LogP contribution in [-0.4, -0.2) is 26.2 Å². The lowest BCUT2D eigenvalue weighted by Crippen LogP contribution is -2.03. The minimum Gasteiger partial charge on any atom is -0.497 e. The highest BCUT2D eigenvalue weighted by molar-refractivity contribution is 7.09. The maximum atomic E-state index is 13.8. The van der Waals surface area contributed by atoms with Crippen LogP contribution in [0.5, 0.6) is 5.75 Å². The number of halogens is 1. The normalized spacial score (nSPS) is 10.8. The highest BCUT2D eigenvalue weighted by atomic mass is 32.1. The van der Waals surface area contributed by atoms with Crippen molar-refractivity contribution in [1.29, 1.82) is 0 Å². The molecule has 0 aliphatic rings. The Balaban J connectivity index is 1.52. The summed E-state index contributed by atoms with van der Waals surface area (Å²) in [6.07, 6.45) is 1.76. The zero-order valence-corrected chi connectivity index (χ0v) is 16.2. The molecule has 142 valence electrons. The zero-order chi connectivity index (χ0) is 19.5. The van der Waals surface area contributed by atoms with Gasteiger partial charge in [-0.1, -0.05) is 24.3 Å². The van der Waals surface area contributed by atoms with Crippen LogP contribution in [0.3, 0.4) is 0 Å². The van der Waals surface area contributed by atoms with E-state index in [1.54, 1.807) is 31.5 Å². The summed E-state index contributed by atoms with van der Waals surface area (Å²) in [7, 11) is 1.65. The third-order valence-electron chi connectivity index (χ3n) is 4.38. The van der Waals surface area contributed by atoms with Crippen molar-refractivity contribution in [3.63, 3.8) is 0 Å². The average molecular weight is 395 g/mol. The van der Waals surface area contributed by atoms with Gasteiger partial charge >= 0.3 is 0 Å². The van der Waals surface area contributed by atoms with E-state index in [0.29, 0.717) is 23.2 Å². The number of ether oxygens (including phenoxy) is 1. The fourth-order valence-corrected chi connectivity index (χ4v) is 3.39. The maximum absolute atomic E-state index is 13.8. The molecule has 0 unspecified atom stereocenters.